The third-order valence-corrected chi connectivity index (χ3v) is 15.1. The maximum Gasteiger partial charge on any atom is 0.419 e. The Morgan fingerprint density at radius 3 is 2.16 bits per heavy atom. The average molecular weight is 1090 g/mol. The van der Waals surface area contributed by atoms with Crippen molar-refractivity contribution in [2.75, 3.05) is 39.3 Å². The number of rotatable bonds is 27. The highest BCUT2D eigenvalue weighted by molar-refractivity contribution is 7.89. The summed E-state index contributed by atoms with van der Waals surface area (Å²) in [6.07, 6.45) is 0.115. The van der Waals surface area contributed by atoms with Gasteiger partial charge in [-0.15, -0.1) is 0 Å². The number of nitrogens with two attached hydrogens (primary N) is 2. The Balaban J connectivity index is 0.000000250. The number of oxazole rings is 1. The molecule has 20 heteroatoms. The Morgan fingerprint density at radius 2 is 1.44 bits per heavy atom. The zero-order chi connectivity index (χ0) is 55.6. The van der Waals surface area contributed by atoms with Gasteiger partial charge in [-0.1, -0.05) is 75.4 Å². The molecule has 0 bridgehead atoms. The van der Waals surface area contributed by atoms with Gasteiger partial charge in [0.15, 0.2) is 17.1 Å². The summed E-state index contributed by atoms with van der Waals surface area (Å²) in [5, 5.41) is 24.8. The molecule has 2 amide bonds. The van der Waals surface area contributed by atoms with Crippen LogP contribution in [0.25, 0.3) is 11.1 Å². The first-order valence-corrected chi connectivity index (χ1v) is 27.5. The molecule has 0 spiro atoms. The van der Waals surface area contributed by atoms with E-state index in [0.29, 0.717) is 66.3 Å². The highest BCUT2D eigenvalue weighted by Crippen LogP contribution is 2.33. The van der Waals surface area contributed by atoms with Gasteiger partial charge in [0.05, 0.1) is 36.5 Å². The SMILES string of the molecule is CCCN(CCC)S(=O)(=O)CCC(=O)N(Cc1cccc(OC)c1)C[C@@H](O)[C@@H](N)Cc1ccc2c(c1)OCO2.CCc1cccc(CNC(=O)C(C[C@@H](O)[C@@H](N)Cc2cc(F)cc(F)c2)Cn2c(=O)oc3ccccc32)c1. The molecule has 5 atom stereocenters. The standard InChI is InChI=1S/C29H31F2N3O4.C28H41N3O7S/c1-2-18-6-5-7-19(10-18)16-33-28(36)21(17-34-25-8-3-4-9-27(25)38-29(34)37)14-26(35)24(32)13-20-11-22(30)15-23(31)12-20;1-4-12-31(13-5-2)39(34,35)14-11-28(33)30(18-22-7-6-8-23(15-22)36-3)19-25(32)24(29)16-21-9-10-26-27(17-21)38-20-37-26/h3-12,15,21,24,26,35H,2,13-14,16-17,32H2,1H3,(H,33,36);6-10,15,17,24-25,32H,4-5,11-14,16,18-20,29H2,1-3H3/t21?,24-,26+;24-,25+/m00/s1. The minimum Gasteiger partial charge on any atom is -0.497 e. The summed E-state index contributed by atoms with van der Waals surface area (Å²) in [5.74, 6) is -2.04. The maximum absolute atomic E-state index is 13.6. The number of hydrogen-bond acceptors (Lipinski definition) is 13. The molecule has 416 valence electrons. The number of aliphatic hydroxyl groups is 2. The molecule has 7 rings (SSSR count). The van der Waals surface area contributed by atoms with Gasteiger partial charge in [-0.25, -0.2) is 26.3 Å². The van der Waals surface area contributed by atoms with Crippen LogP contribution in [0, 0.1) is 17.6 Å². The lowest BCUT2D eigenvalue weighted by Crippen LogP contribution is -2.46. The van der Waals surface area contributed by atoms with E-state index >= 15 is 0 Å². The molecule has 77 heavy (non-hydrogen) atoms. The Labute approximate surface area is 448 Å². The van der Waals surface area contributed by atoms with Crippen LogP contribution in [0.15, 0.2) is 118 Å². The first-order valence-electron chi connectivity index (χ1n) is 25.9. The van der Waals surface area contributed by atoms with Crippen LogP contribution >= 0.6 is 0 Å². The predicted molar refractivity (Wildman–Crippen MR) is 290 cm³/mol. The molecule has 0 radical (unpaired) electrons. The molecule has 1 unspecified atom stereocenters. The van der Waals surface area contributed by atoms with Gasteiger partial charge in [0.2, 0.25) is 28.6 Å². The lowest BCUT2D eigenvalue weighted by atomic mass is 9.93. The van der Waals surface area contributed by atoms with E-state index in [1.54, 1.807) is 49.6 Å². The van der Waals surface area contributed by atoms with Crippen LogP contribution in [0.2, 0.25) is 0 Å². The average Bonchev–Trinajstić information content (AvgIpc) is 4.02. The van der Waals surface area contributed by atoms with Gasteiger partial charge >= 0.3 is 5.76 Å². The van der Waals surface area contributed by atoms with Crippen LogP contribution in [0.4, 0.5) is 8.78 Å². The number of nitrogens with one attached hydrogen (secondary N) is 1. The van der Waals surface area contributed by atoms with E-state index in [0.717, 1.165) is 46.9 Å². The van der Waals surface area contributed by atoms with Crippen molar-refractivity contribution in [2.45, 2.75) is 110 Å². The first-order chi connectivity index (χ1) is 36.9. The summed E-state index contributed by atoms with van der Waals surface area (Å²) in [4.78, 5) is 40.8. The second kappa shape index (κ2) is 28.6. The van der Waals surface area contributed by atoms with Crippen LogP contribution in [-0.2, 0) is 58.5 Å². The van der Waals surface area contributed by atoms with E-state index < -0.39 is 57.6 Å². The molecule has 0 saturated heterocycles. The summed E-state index contributed by atoms with van der Waals surface area (Å²) in [7, 11) is -2.03. The molecule has 5 aromatic carbocycles. The van der Waals surface area contributed by atoms with Crippen molar-refractivity contribution >= 4 is 32.9 Å². The largest absolute Gasteiger partial charge is 0.497 e. The van der Waals surface area contributed by atoms with E-state index in [-0.39, 0.29) is 69.8 Å². The number of hydrogen-bond donors (Lipinski definition) is 5. The number of ether oxygens (including phenoxy) is 3. The fourth-order valence-electron chi connectivity index (χ4n) is 9.04. The minimum absolute atomic E-state index is 0.00256. The quantitative estimate of drug-likeness (QED) is 0.0386. The molecule has 7 N–H and O–H groups in total. The van der Waals surface area contributed by atoms with Crippen molar-refractivity contribution in [2.24, 2.45) is 17.4 Å². The second-order valence-corrected chi connectivity index (χ2v) is 21.3. The smallest absolute Gasteiger partial charge is 0.419 e. The number of carbonyl (C=O) groups excluding carboxylic acids is 2. The second-order valence-electron chi connectivity index (χ2n) is 19.2. The predicted octanol–water partition coefficient (Wildman–Crippen LogP) is 6.21. The first kappa shape index (κ1) is 59.6. The number of sulfonamides is 1. The van der Waals surface area contributed by atoms with Gasteiger partial charge in [-0.3, -0.25) is 14.2 Å². The van der Waals surface area contributed by atoms with Gasteiger partial charge in [0.1, 0.15) is 17.4 Å². The van der Waals surface area contributed by atoms with E-state index in [2.05, 4.69) is 5.32 Å². The Hall–Kier alpha value is -6.68. The normalized spacial score (nSPS) is 14.1. The number of aromatic nitrogens is 1. The molecular formula is C57H72F2N6O11S. The number of halogens is 2. The fourth-order valence-corrected chi connectivity index (χ4v) is 10.7. The summed E-state index contributed by atoms with van der Waals surface area (Å²) in [6.45, 7) is 7.26. The van der Waals surface area contributed by atoms with Crippen molar-refractivity contribution in [3.05, 3.63) is 159 Å². The molecule has 6 aromatic rings. The summed E-state index contributed by atoms with van der Waals surface area (Å²) in [5.41, 5.74) is 17.5. The number of aliphatic hydroxyl groups excluding tert-OH is 2. The van der Waals surface area contributed by atoms with Gasteiger partial charge in [0, 0.05) is 63.8 Å². The van der Waals surface area contributed by atoms with Crippen LogP contribution < -0.4 is 36.8 Å². The summed E-state index contributed by atoms with van der Waals surface area (Å²) >= 11 is 0. The molecule has 2 heterocycles. The molecular weight excluding hydrogens is 1010 g/mol. The number of para-hydroxylation sites is 2. The monoisotopic (exact) mass is 1090 g/mol. The lowest BCUT2D eigenvalue weighted by Gasteiger charge is -2.29. The van der Waals surface area contributed by atoms with E-state index in [4.69, 9.17) is 30.1 Å². The third-order valence-electron chi connectivity index (χ3n) is 13.2. The van der Waals surface area contributed by atoms with Crippen molar-refractivity contribution < 1.29 is 55.6 Å². The number of carbonyl (C=O) groups is 2. The highest BCUT2D eigenvalue weighted by Gasteiger charge is 2.30. The van der Waals surface area contributed by atoms with E-state index in [9.17, 15) is 41.8 Å². The molecule has 0 aliphatic carbocycles. The molecule has 1 aromatic heterocycles. The molecule has 0 fully saturated rings. The zero-order valence-corrected chi connectivity index (χ0v) is 44.9. The summed E-state index contributed by atoms with van der Waals surface area (Å²) in [6, 6.07) is 29.0. The number of benzene rings is 5. The third kappa shape index (κ3) is 17.4. The van der Waals surface area contributed by atoms with Gasteiger partial charge < -0.3 is 50.5 Å². The van der Waals surface area contributed by atoms with E-state index in [1.165, 1.54) is 13.8 Å². The molecule has 1 aliphatic rings. The highest BCUT2D eigenvalue weighted by atomic mass is 32.2. The van der Waals surface area contributed by atoms with Gasteiger partial charge in [-0.2, -0.15) is 0 Å². The summed E-state index contributed by atoms with van der Waals surface area (Å²) < 4.78 is 77.3. The zero-order valence-electron chi connectivity index (χ0n) is 44.1. The Kier molecular flexibility index (Phi) is 22.1. The van der Waals surface area contributed by atoms with Crippen LogP contribution in [-0.4, -0.2) is 108 Å². The van der Waals surface area contributed by atoms with Crippen LogP contribution in [0.1, 0.15) is 74.3 Å². The Bertz CT molecular complexity index is 3040. The number of aryl methyl sites for hydroxylation is 1. The molecule has 0 saturated carbocycles. The topological polar surface area (TPSA) is 242 Å². The molecule has 17 nitrogen and oxygen atoms in total. The number of methoxy groups -OCH3 is 1. The molecule has 1 aliphatic heterocycles. The van der Waals surface area contributed by atoms with E-state index in [1.807, 2.05) is 69.3 Å². The minimum atomic E-state index is -3.59. The van der Waals surface area contributed by atoms with Crippen LogP contribution in [0.3, 0.4) is 0 Å². The van der Waals surface area contributed by atoms with Gasteiger partial charge in [0.25, 0.3) is 0 Å². The lowest BCUT2D eigenvalue weighted by molar-refractivity contribution is -0.133. The van der Waals surface area contributed by atoms with Crippen molar-refractivity contribution in [1.29, 1.82) is 0 Å². The number of amides is 2. The van der Waals surface area contributed by atoms with Crippen molar-refractivity contribution in [1.82, 2.24) is 19.1 Å². The van der Waals surface area contributed by atoms with Crippen molar-refractivity contribution in [3.63, 3.8) is 0 Å². The Morgan fingerprint density at radius 1 is 0.779 bits per heavy atom. The number of fused-ring (bicyclic) bond motifs is 2. The number of nitrogens with zero attached hydrogens (tertiary/aromatic N) is 3. The van der Waals surface area contributed by atoms with Crippen LogP contribution in [0.5, 0.6) is 17.2 Å². The fraction of sp³-hybridized carbons (Fsp3) is 0.421. The maximum atomic E-state index is 13.6. The van der Waals surface area contributed by atoms with Gasteiger partial charge in [-0.05, 0) is 115 Å². The van der Waals surface area contributed by atoms with Crippen molar-refractivity contribution in [3.8, 4) is 17.2 Å².